The van der Waals surface area contributed by atoms with E-state index in [9.17, 15) is 19.7 Å². The molecular weight excluding hydrogens is 338 g/mol. The predicted molar refractivity (Wildman–Crippen MR) is 97.3 cm³/mol. The molecule has 26 heavy (non-hydrogen) atoms. The Balaban J connectivity index is 2.04. The Morgan fingerprint density at radius 3 is 2.69 bits per heavy atom. The Labute approximate surface area is 152 Å². The lowest BCUT2D eigenvalue weighted by Gasteiger charge is -2.35. The summed E-state index contributed by atoms with van der Waals surface area (Å²) in [5.41, 5.74) is 0.264. The van der Waals surface area contributed by atoms with Crippen molar-refractivity contribution in [3.8, 4) is 0 Å². The highest BCUT2D eigenvalue weighted by atomic mass is 16.6. The van der Waals surface area contributed by atoms with Crippen LogP contribution in [0.4, 0.5) is 11.4 Å². The molecule has 1 aliphatic heterocycles. The van der Waals surface area contributed by atoms with E-state index in [2.05, 4.69) is 0 Å². The molecule has 0 unspecified atom stereocenters. The molecule has 1 fully saturated rings. The van der Waals surface area contributed by atoms with Crippen LogP contribution in [0, 0.1) is 10.1 Å². The molecule has 1 amide bonds. The maximum absolute atomic E-state index is 12.4. The molecule has 1 atom stereocenters. The molecule has 1 saturated heterocycles. The molecule has 2 rings (SSSR count). The van der Waals surface area contributed by atoms with Crippen LogP contribution in [0.1, 0.15) is 43.0 Å². The summed E-state index contributed by atoms with van der Waals surface area (Å²) in [4.78, 5) is 38.6. The number of nitro groups is 1. The summed E-state index contributed by atoms with van der Waals surface area (Å²) in [5, 5.41) is 11.2. The first-order valence-corrected chi connectivity index (χ1v) is 8.77. The maximum Gasteiger partial charge on any atom is 0.338 e. The zero-order valence-electron chi connectivity index (χ0n) is 15.4. The van der Waals surface area contributed by atoms with E-state index in [1.807, 2.05) is 6.92 Å². The number of likely N-dealkylation sites (tertiary alicyclic amines) is 1. The third-order valence-electron chi connectivity index (χ3n) is 4.64. The molecule has 0 aromatic heterocycles. The van der Waals surface area contributed by atoms with Crippen LogP contribution in [-0.2, 0) is 9.53 Å². The van der Waals surface area contributed by atoms with Gasteiger partial charge in [-0.3, -0.25) is 14.9 Å². The van der Waals surface area contributed by atoms with E-state index in [0.29, 0.717) is 12.2 Å². The minimum atomic E-state index is -0.739. The molecule has 1 heterocycles. The summed E-state index contributed by atoms with van der Waals surface area (Å²) < 4.78 is 5.10. The zero-order chi connectivity index (χ0) is 19.3. The van der Waals surface area contributed by atoms with Crippen LogP contribution in [0.25, 0.3) is 0 Å². The van der Waals surface area contributed by atoms with E-state index in [0.717, 1.165) is 25.7 Å². The molecule has 0 saturated carbocycles. The Morgan fingerprint density at radius 2 is 2.08 bits per heavy atom. The number of nitro benzene ring substituents is 1. The second-order valence-electron chi connectivity index (χ2n) is 6.58. The van der Waals surface area contributed by atoms with Gasteiger partial charge >= 0.3 is 5.97 Å². The average molecular weight is 363 g/mol. The van der Waals surface area contributed by atoms with Gasteiger partial charge in [0.15, 0.2) is 6.61 Å². The number of ether oxygens (including phenoxy) is 1. The number of hydrogen-bond acceptors (Lipinski definition) is 6. The van der Waals surface area contributed by atoms with Crippen molar-refractivity contribution in [2.75, 3.05) is 32.1 Å². The lowest BCUT2D eigenvalue weighted by Crippen LogP contribution is -2.45. The highest BCUT2D eigenvalue weighted by molar-refractivity contribution is 5.93. The van der Waals surface area contributed by atoms with Gasteiger partial charge in [-0.1, -0.05) is 6.92 Å². The molecule has 8 nitrogen and oxygen atoms in total. The van der Waals surface area contributed by atoms with Crippen molar-refractivity contribution in [2.24, 2.45) is 0 Å². The summed E-state index contributed by atoms with van der Waals surface area (Å²) in [5.74, 6) is -0.957. The number of amides is 1. The van der Waals surface area contributed by atoms with E-state index in [-0.39, 0.29) is 29.8 Å². The van der Waals surface area contributed by atoms with E-state index < -0.39 is 10.9 Å². The van der Waals surface area contributed by atoms with Gasteiger partial charge in [-0.25, -0.2) is 4.79 Å². The lowest BCUT2D eigenvalue weighted by atomic mass is 10.00. The topological polar surface area (TPSA) is 93.0 Å². The van der Waals surface area contributed by atoms with Crippen molar-refractivity contribution in [3.63, 3.8) is 0 Å². The number of benzene rings is 1. The fourth-order valence-corrected chi connectivity index (χ4v) is 3.22. The molecule has 1 aromatic rings. The van der Waals surface area contributed by atoms with E-state index in [1.165, 1.54) is 18.2 Å². The minimum Gasteiger partial charge on any atom is -0.452 e. The molecule has 0 spiro atoms. The van der Waals surface area contributed by atoms with Crippen LogP contribution in [0.2, 0.25) is 0 Å². The van der Waals surface area contributed by atoms with Crippen molar-refractivity contribution in [3.05, 3.63) is 33.9 Å². The van der Waals surface area contributed by atoms with Gasteiger partial charge in [-0.05, 0) is 37.8 Å². The number of hydrogen-bond donors (Lipinski definition) is 0. The zero-order valence-corrected chi connectivity index (χ0v) is 15.4. The first-order chi connectivity index (χ1) is 12.3. The van der Waals surface area contributed by atoms with E-state index >= 15 is 0 Å². The van der Waals surface area contributed by atoms with E-state index in [4.69, 9.17) is 4.74 Å². The van der Waals surface area contributed by atoms with Gasteiger partial charge in [0, 0.05) is 32.7 Å². The van der Waals surface area contributed by atoms with Crippen LogP contribution in [0.5, 0.6) is 0 Å². The maximum atomic E-state index is 12.4. The lowest BCUT2D eigenvalue weighted by molar-refractivity contribution is -0.384. The Bertz CT molecular complexity index is 689. The fraction of sp³-hybridized carbons (Fsp3) is 0.556. The normalized spacial score (nSPS) is 16.9. The minimum absolute atomic E-state index is 0.0563. The van der Waals surface area contributed by atoms with Gasteiger partial charge in [0.05, 0.1) is 10.5 Å². The Kier molecular flexibility index (Phi) is 6.54. The van der Waals surface area contributed by atoms with Crippen molar-refractivity contribution in [1.29, 1.82) is 0 Å². The molecule has 0 aliphatic carbocycles. The SMILES string of the molecule is CC[C@H]1CCCCN1C(=O)COC(=O)c1ccc(N(C)C)c([N+](=O)[O-])c1. The molecule has 1 aromatic carbocycles. The summed E-state index contributed by atoms with van der Waals surface area (Å²) in [6.45, 7) is 2.37. The van der Waals surface area contributed by atoms with Gasteiger partial charge in [-0.2, -0.15) is 0 Å². The number of piperidine rings is 1. The van der Waals surface area contributed by atoms with Crippen molar-refractivity contribution >= 4 is 23.3 Å². The van der Waals surface area contributed by atoms with Crippen LogP contribution >= 0.6 is 0 Å². The third-order valence-corrected chi connectivity index (χ3v) is 4.64. The molecular formula is C18H25N3O5. The molecule has 0 bridgehead atoms. The van der Waals surface area contributed by atoms with Crippen molar-refractivity contribution in [2.45, 2.75) is 38.6 Å². The number of nitrogens with zero attached hydrogens (tertiary/aromatic N) is 3. The summed E-state index contributed by atoms with van der Waals surface area (Å²) >= 11 is 0. The second kappa shape index (κ2) is 8.64. The summed E-state index contributed by atoms with van der Waals surface area (Å²) in [6, 6.07) is 4.33. The molecule has 1 aliphatic rings. The number of rotatable bonds is 6. The fourth-order valence-electron chi connectivity index (χ4n) is 3.22. The van der Waals surface area contributed by atoms with Crippen LogP contribution in [0.15, 0.2) is 18.2 Å². The smallest absolute Gasteiger partial charge is 0.338 e. The van der Waals surface area contributed by atoms with Gasteiger partial charge in [0.1, 0.15) is 5.69 Å². The van der Waals surface area contributed by atoms with Gasteiger partial charge in [0.25, 0.3) is 11.6 Å². The average Bonchev–Trinajstić information content (AvgIpc) is 2.64. The Hall–Kier alpha value is -2.64. The largest absolute Gasteiger partial charge is 0.452 e. The highest BCUT2D eigenvalue weighted by Gasteiger charge is 2.26. The van der Waals surface area contributed by atoms with Crippen molar-refractivity contribution in [1.82, 2.24) is 4.90 Å². The number of esters is 1. The molecule has 0 radical (unpaired) electrons. The third kappa shape index (κ3) is 4.50. The summed E-state index contributed by atoms with van der Waals surface area (Å²) in [7, 11) is 3.36. The standard InChI is InChI=1S/C18H25N3O5/c1-4-14-7-5-6-10-20(14)17(22)12-26-18(23)13-8-9-15(19(2)3)16(11-13)21(24)25/h8-9,11,14H,4-7,10,12H2,1-3H3/t14-/m0/s1. The number of carbonyl (C=O) groups excluding carboxylic acids is 2. The first kappa shape index (κ1) is 19.7. The van der Waals surface area contributed by atoms with Gasteiger partial charge in [-0.15, -0.1) is 0 Å². The van der Waals surface area contributed by atoms with Crippen molar-refractivity contribution < 1.29 is 19.2 Å². The number of carbonyl (C=O) groups is 2. The monoisotopic (exact) mass is 363 g/mol. The van der Waals surface area contributed by atoms with Gasteiger partial charge in [0.2, 0.25) is 0 Å². The van der Waals surface area contributed by atoms with Crippen LogP contribution in [0.3, 0.4) is 0 Å². The van der Waals surface area contributed by atoms with Gasteiger partial charge < -0.3 is 14.5 Å². The summed E-state index contributed by atoms with van der Waals surface area (Å²) in [6.07, 6.45) is 3.89. The first-order valence-electron chi connectivity index (χ1n) is 8.77. The second-order valence-corrected chi connectivity index (χ2v) is 6.58. The Morgan fingerprint density at radius 1 is 1.35 bits per heavy atom. The molecule has 0 N–H and O–H groups in total. The van der Waals surface area contributed by atoms with Crippen LogP contribution < -0.4 is 4.90 Å². The quantitative estimate of drug-likeness (QED) is 0.438. The van der Waals surface area contributed by atoms with E-state index in [1.54, 1.807) is 23.9 Å². The van der Waals surface area contributed by atoms with Crippen LogP contribution in [-0.4, -0.2) is 55.0 Å². The number of anilines is 1. The molecule has 8 heteroatoms. The highest BCUT2D eigenvalue weighted by Crippen LogP contribution is 2.28. The molecule has 142 valence electrons. The predicted octanol–water partition coefficient (Wildman–Crippen LogP) is 2.61.